The summed E-state index contributed by atoms with van der Waals surface area (Å²) in [5.74, 6) is 0.471. The van der Waals surface area contributed by atoms with Crippen LogP contribution in [0.25, 0.3) is 0 Å². The lowest BCUT2D eigenvalue weighted by atomic mass is 10.1. The SMILES string of the molecule is Cc1cc(OCC(=O)Nc2ccc(Br)cc2)c(C)cc1N. The van der Waals surface area contributed by atoms with E-state index in [-0.39, 0.29) is 12.5 Å². The summed E-state index contributed by atoms with van der Waals surface area (Å²) >= 11 is 3.35. The van der Waals surface area contributed by atoms with Crippen molar-refractivity contribution in [2.24, 2.45) is 0 Å². The van der Waals surface area contributed by atoms with Gasteiger partial charge in [0.1, 0.15) is 5.75 Å². The number of aryl methyl sites for hydroxylation is 2. The van der Waals surface area contributed by atoms with Crippen LogP contribution in [0.4, 0.5) is 11.4 Å². The van der Waals surface area contributed by atoms with Crippen molar-refractivity contribution >= 4 is 33.2 Å². The fourth-order valence-corrected chi connectivity index (χ4v) is 2.11. The zero-order valence-electron chi connectivity index (χ0n) is 11.9. The van der Waals surface area contributed by atoms with Gasteiger partial charge in [-0.15, -0.1) is 0 Å². The molecule has 0 heterocycles. The average molecular weight is 349 g/mol. The summed E-state index contributed by atoms with van der Waals surface area (Å²) in [4.78, 5) is 11.9. The van der Waals surface area contributed by atoms with Crippen molar-refractivity contribution in [3.05, 3.63) is 52.0 Å². The summed E-state index contributed by atoms with van der Waals surface area (Å²) in [6, 6.07) is 11.1. The summed E-state index contributed by atoms with van der Waals surface area (Å²) in [7, 11) is 0. The Balaban J connectivity index is 1.95. The van der Waals surface area contributed by atoms with Gasteiger partial charge in [0.25, 0.3) is 5.91 Å². The Kier molecular flexibility index (Phi) is 4.85. The standard InChI is InChI=1S/C16H17BrN2O2/c1-10-8-15(11(2)7-14(10)18)21-9-16(20)19-13-5-3-12(17)4-6-13/h3-8H,9,18H2,1-2H3,(H,19,20). The van der Waals surface area contributed by atoms with E-state index in [1.807, 2.05) is 50.2 Å². The normalized spacial score (nSPS) is 10.2. The maximum absolute atomic E-state index is 11.9. The monoisotopic (exact) mass is 348 g/mol. The Morgan fingerprint density at radius 2 is 1.86 bits per heavy atom. The number of nitrogen functional groups attached to an aromatic ring is 1. The molecule has 0 radical (unpaired) electrons. The Bertz CT molecular complexity index is 654. The van der Waals surface area contributed by atoms with Crippen molar-refractivity contribution in [3.8, 4) is 5.75 Å². The van der Waals surface area contributed by atoms with Crippen LogP contribution >= 0.6 is 15.9 Å². The predicted octanol–water partition coefficient (Wildman–Crippen LogP) is 3.67. The summed E-state index contributed by atoms with van der Waals surface area (Å²) < 4.78 is 6.52. The molecule has 110 valence electrons. The lowest BCUT2D eigenvalue weighted by Crippen LogP contribution is -2.20. The average Bonchev–Trinajstić information content (AvgIpc) is 2.44. The Morgan fingerprint density at radius 1 is 1.19 bits per heavy atom. The molecule has 21 heavy (non-hydrogen) atoms. The number of hydrogen-bond donors (Lipinski definition) is 2. The fraction of sp³-hybridized carbons (Fsp3) is 0.188. The molecule has 2 aromatic rings. The van der Waals surface area contributed by atoms with Crippen LogP contribution in [0.2, 0.25) is 0 Å². The van der Waals surface area contributed by atoms with Gasteiger partial charge in [-0.1, -0.05) is 15.9 Å². The highest BCUT2D eigenvalue weighted by Crippen LogP contribution is 2.24. The Labute approximate surface area is 132 Å². The smallest absolute Gasteiger partial charge is 0.262 e. The number of ether oxygens (including phenoxy) is 1. The molecule has 0 saturated carbocycles. The van der Waals surface area contributed by atoms with Gasteiger partial charge in [0, 0.05) is 15.8 Å². The van der Waals surface area contributed by atoms with Crippen LogP contribution in [-0.4, -0.2) is 12.5 Å². The maximum Gasteiger partial charge on any atom is 0.262 e. The van der Waals surface area contributed by atoms with E-state index in [2.05, 4.69) is 21.2 Å². The predicted molar refractivity (Wildman–Crippen MR) is 88.6 cm³/mol. The van der Waals surface area contributed by atoms with Crippen molar-refractivity contribution in [2.45, 2.75) is 13.8 Å². The number of hydrogen-bond acceptors (Lipinski definition) is 3. The van der Waals surface area contributed by atoms with Crippen LogP contribution < -0.4 is 15.8 Å². The van der Waals surface area contributed by atoms with Gasteiger partial charge < -0.3 is 15.8 Å². The lowest BCUT2D eigenvalue weighted by molar-refractivity contribution is -0.118. The zero-order chi connectivity index (χ0) is 15.4. The summed E-state index contributed by atoms with van der Waals surface area (Å²) in [6.07, 6.45) is 0. The number of rotatable bonds is 4. The second-order valence-electron chi connectivity index (χ2n) is 4.82. The second kappa shape index (κ2) is 6.63. The van der Waals surface area contributed by atoms with E-state index < -0.39 is 0 Å². The van der Waals surface area contributed by atoms with Gasteiger partial charge in [-0.25, -0.2) is 0 Å². The third-order valence-electron chi connectivity index (χ3n) is 3.05. The molecule has 5 heteroatoms. The molecule has 0 aliphatic heterocycles. The quantitative estimate of drug-likeness (QED) is 0.828. The molecule has 4 nitrogen and oxygen atoms in total. The lowest BCUT2D eigenvalue weighted by Gasteiger charge is -2.11. The summed E-state index contributed by atoms with van der Waals surface area (Å²) in [6.45, 7) is 3.77. The number of halogens is 1. The third-order valence-corrected chi connectivity index (χ3v) is 3.58. The molecule has 0 unspecified atom stereocenters. The van der Waals surface area contributed by atoms with Gasteiger partial charge in [0.15, 0.2) is 6.61 Å². The number of nitrogens with two attached hydrogens (primary N) is 1. The molecule has 0 saturated heterocycles. The first kappa shape index (κ1) is 15.4. The van der Waals surface area contributed by atoms with Gasteiger partial charge in [-0.2, -0.15) is 0 Å². The van der Waals surface area contributed by atoms with E-state index in [0.717, 1.165) is 27.0 Å². The molecule has 0 aliphatic carbocycles. The Morgan fingerprint density at radius 3 is 2.52 bits per heavy atom. The summed E-state index contributed by atoms with van der Waals surface area (Å²) in [5, 5.41) is 2.78. The van der Waals surface area contributed by atoms with Crippen LogP contribution in [0.1, 0.15) is 11.1 Å². The van der Waals surface area contributed by atoms with Gasteiger partial charge in [0.05, 0.1) is 0 Å². The highest BCUT2D eigenvalue weighted by molar-refractivity contribution is 9.10. The van der Waals surface area contributed by atoms with Crippen molar-refractivity contribution in [2.75, 3.05) is 17.7 Å². The van der Waals surface area contributed by atoms with Gasteiger partial charge in [-0.3, -0.25) is 4.79 Å². The first-order valence-corrected chi connectivity index (χ1v) is 7.30. The van der Waals surface area contributed by atoms with Crippen LogP contribution in [0.5, 0.6) is 5.75 Å². The molecule has 1 amide bonds. The number of anilines is 2. The fourth-order valence-electron chi connectivity index (χ4n) is 1.84. The number of benzene rings is 2. The molecule has 0 atom stereocenters. The first-order chi connectivity index (χ1) is 9.95. The number of carbonyl (C=O) groups excluding carboxylic acids is 1. The number of nitrogens with one attached hydrogen (secondary N) is 1. The molecule has 3 N–H and O–H groups in total. The van der Waals surface area contributed by atoms with E-state index in [4.69, 9.17) is 10.5 Å². The van der Waals surface area contributed by atoms with E-state index >= 15 is 0 Å². The molecule has 2 rings (SSSR count). The molecular formula is C16H17BrN2O2. The number of carbonyl (C=O) groups is 1. The molecule has 0 spiro atoms. The zero-order valence-corrected chi connectivity index (χ0v) is 13.5. The van der Waals surface area contributed by atoms with Crippen LogP contribution in [-0.2, 0) is 4.79 Å². The minimum atomic E-state index is -0.203. The Hall–Kier alpha value is -2.01. The second-order valence-corrected chi connectivity index (χ2v) is 5.73. The third kappa shape index (κ3) is 4.23. The minimum Gasteiger partial charge on any atom is -0.483 e. The molecule has 2 aromatic carbocycles. The molecular weight excluding hydrogens is 332 g/mol. The first-order valence-electron chi connectivity index (χ1n) is 6.50. The van der Waals surface area contributed by atoms with Crippen molar-refractivity contribution < 1.29 is 9.53 Å². The minimum absolute atomic E-state index is 0.0414. The van der Waals surface area contributed by atoms with Gasteiger partial charge >= 0.3 is 0 Å². The van der Waals surface area contributed by atoms with E-state index in [9.17, 15) is 4.79 Å². The van der Waals surface area contributed by atoms with Crippen LogP contribution in [0, 0.1) is 13.8 Å². The highest BCUT2D eigenvalue weighted by atomic mass is 79.9. The summed E-state index contributed by atoms with van der Waals surface area (Å²) in [5.41, 5.74) is 9.12. The van der Waals surface area contributed by atoms with E-state index in [0.29, 0.717) is 5.75 Å². The topological polar surface area (TPSA) is 64.3 Å². The molecule has 0 bridgehead atoms. The maximum atomic E-state index is 11.9. The van der Waals surface area contributed by atoms with Crippen molar-refractivity contribution in [1.29, 1.82) is 0 Å². The molecule has 0 fully saturated rings. The van der Waals surface area contributed by atoms with E-state index in [1.54, 1.807) is 0 Å². The van der Waals surface area contributed by atoms with Crippen molar-refractivity contribution in [3.63, 3.8) is 0 Å². The number of amides is 1. The highest BCUT2D eigenvalue weighted by Gasteiger charge is 2.07. The van der Waals surface area contributed by atoms with Gasteiger partial charge in [0.2, 0.25) is 0 Å². The van der Waals surface area contributed by atoms with Crippen LogP contribution in [0.3, 0.4) is 0 Å². The van der Waals surface area contributed by atoms with Gasteiger partial charge in [-0.05, 0) is 61.4 Å². The molecule has 0 aliphatic rings. The van der Waals surface area contributed by atoms with E-state index in [1.165, 1.54) is 0 Å². The van der Waals surface area contributed by atoms with Crippen LogP contribution in [0.15, 0.2) is 40.9 Å². The molecule has 0 aromatic heterocycles. The largest absolute Gasteiger partial charge is 0.483 e. The van der Waals surface area contributed by atoms with Crippen molar-refractivity contribution in [1.82, 2.24) is 0 Å².